The van der Waals surface area contributed by atoms with E-state index in [2.05, 4.69) is 6.07 Å². The molecule has 1 aromatic rings. The molecule has 0 N–H and O–H groups in total. The van der Waals surface area contributed by atoms with Gasteiger partial charge in [0.2, 0.25) is 10.0 Å². The summed E-state index contributed by atoms with van der Waals surface area (Å²) < 4.78 is 32.6. The average molecular weight is 410 g/mol. The van der Waals surface area contributed by atoms with Crippen LogP contribution in [0.3, 0.4) is 0 Å². The van der Waals surface area contributed by atoms with Crippen LogP contribution >= 0.6 is 11.8 Å². The summed E-state index contributed by atoms with van der Waals surface area (Å²) in [5.41, 5.74) is 0.530. The summed E-state index contributed by atoms with van der Waals surface area (Å²) >= 11 is 1.38. The molecule has 1 atom stereocenters. The molecule has 2 aliphatic rings. The first-order valence-corrected chi connectivity index (χ1v) is 11.5. The lowest BCUT2D eigenvalue weighted by molar-refractivity contribution is 0.0685. The second-order valence-electron chi connectivity index (χ2n) is 6.55. The number of carbonyl (C=O) groups is 1. The third-order valence-electron chi connectivity index (χ3n) is 4.80. The second-order valence-corrected chi connectivity index (χ2v) is 9.81. The van der Waals surface area contributed by atoms with Gasteiger partial charge in [0.1, 0.15) is 0 Å². The molecule has 146 valence electrons. The van der Waals surface area contributed by atoms with E-state index >= 15 is 0 Å². The number of benzene rings is 1. The maximum Gasteiger partial charge on any atom is 0.253 e. The molecule has 0 unspecified atom stereocenters. The topological polar surface area (TPSA) is 90.7 Å². The normalized spacial score (nSPS) is 21.6. The summed E-state index contributed by atoms with van der Waals surface area (Å²) in [7, 11) is -3.43. The number of morpholine rings is 1. The van der Waals surface area contributed by atoms with Crippen LogP contribution in [0.5, 0.6) is 0 Å². The molecule has 2 saturated heterocycles. The predicted octanol–water partition coefficient (Wildman–Crippen LogP) is 1.57. The van der Waals surface area contributed by atoms with Crippen molar-refractivity contribution in [1.29, 1.82) is 5.26 Å². The summed E-state index contributed by atoms with van der Waals surface area (Å²) in [6, 6.07) is 9.22. The summed E-state index contributed by atoms with van der Waals surface area (Å²) in [6.07, 6.45) is 1.24. The number of hydrogen-bond donors (Lipinski definition) is 0. The van der Waals surface area contributed by atoms with E-state index in [-0.39, 0.29) is 12.5 Å². The van der Waals surface area contributed by atoms with Crippen molar-refractivity contribution in [1.82, 2.24) is 9.21 Å². The molecule has 0 bridgehead atoms. The van der Waals surface area contributed by atoms with Gasteiger partial charge in [-0.2, -0.15) is 9.57 Å². The highest BCUT2D eigenvalue weighted by Crippen LogP contribution is 2.24. The first kappa shape index (κ1) is 20.1. The molecule has 0 saturated carbocycles. The monoisotopic (exact) mass is 409 g/mol. The number of likely N-dealkylation sites (tertiary alicyclic amines) is 1. The molecule has 0 aliphatic carbocycles. The second kappa shape index (κ2) is 9.06. The molecule has 2 heterocycles. The maximum atomic E-state index is 12.9. The van der Waals surface area contributed by atoms with Gasteiger partial charge in [0.15, 0.2) is 0 Å². The number of sulfonamides is 1. The third kappa shape index (κ3) is 4.82. The fraction of sp³-hybridized carbons (Fsp3) is 0.556. The number of carbonyl (C=O) groups excluding carboxylic acids is 1. The van der Waals surface area contributed by atoms with E-state index in [0.29, 0.717) is 57.0 Å². The molecular weight excluding hydrogens is 386 g/mol. The zero-order chi connectivity index (χ0) is 19.3. The lowest BCUT2D eigenvalue weighted by Gasteiger charge is -2.36. The van der Waals surface area contributed by atoms with Crippen LogP contribution in [0, 0.1) is 11.3 Å². The van der Waals surface area contributed by atoms with Gasteiger partial charge in [-0.25, -0.2) is 8.42 Å². The highest BCUT2D eigenvalue weighted by atomic mass is 32.2. The first-order chi connectivity index (χ1) is 13.0. The van der Waals surface area contributed by atoms with E-state index in [0.717, 1.165) is 4.90 Å². The Balaban J connectivity index is 1.70. The predicted molar refractivity (Wildman–Crippen MR) is 103 cm³/mol. The summed E-state index contributed by atoms with van der Waals surface area (Å²) in [5.74, 6) is 0.164. The average Bonchev–Trinajstić information content (AvgIpc) is 2.72. The zero-order valence-corrected chi connectivity index (χ0v) is 16.7. The van der Waals surface area contributed by atoms with Crippen molar-refractivity contribution in [3.8, 4) is 6.07 Å². The highest BCUT2D eigenvalue weighted by Gasteiger charge is 2.37. The Labute approximate surface area is 164 Å². The molecule has 0 aromatic heterocycles. The lowest BCUT2D eigenvalue weighted by atomic mass is 10.1. The standard InChI is InChI=1S/C18H23N3O4S2/c19-6-12-26-16-4-1-3-15(13-16)18(22)20-7-2-5-17(14-20)27(23,24)21-8-10-25-11-9-21/h1,3-4,13,17H,2,5,7-12,14H2/t17-/m0/s1. The van der Waals surface area contributed by atoms with Crippen molar-refractivity contribution in [2.24, 2.45) is 0 Å². The fourth-order valence-electron chi connectivity index (χ4n) is 3.39. The number of rotatable bonds is 5. The fourth-order valence-corrected chi connectivity index (χ4v) is 5.92. The maximum absolute atomic E-state index is 12.9. The van der Waals surface area contributed by atoms with Crippen molar-refractivity contribution < 1.29 is 17.9 Å². The molecule has 0 radical (unpaired) electrons. The number of ether oxygens (including phenoxy) is 1. The Hall–Kier alpha value is -1.60. The van der Waals surface area contributed by atoms with E-state index < -0.39 is 15.3 Å². The Morgan fingerprint density at radius 3 is 2.81 bits per heavy atom. The molecular formula is C18H23N3O4S2. The number of piperidine rings is 1. The number of hydrogen-bond acceptors (Lipinski definition) is 6. The molecule has 1 aromatic carbocycles. The third-order valence-corrected chi connectivity index (χ3v) is 7.97. The zero-order valence-electron chi connectivity index (χ0n) is 15.0. The van der Waals surface area contributed by atoms with E-state index in [1.54, 1.807) is 23.1 Å². The van der Waals surface area contributed by atoms with Gasteiger partial charge in [0.25, 0.3) is 5.91 Å². The summed E-state index contributed by atoms with van der Waals surface area (Å²) in [4.78, 5) is 15.4. The molecule has 1 amide bonds. The van der Waals surface area contributed by atoms with Crippen LogP contribution in [0.25, 0.3) is 0 Å². The van der Waals surface area contributed by atoms with E-state index in [1.807, 2.05) is 6.07 Å². The van der Waals surface area contributed by atoms with Crippen LogP contribution in [0.15, 0.2) is 29.2 Å². The van der Waals surface area contributed by atoms with Crippen LogP contribution in [0.4, 0.5) is 0 Å². The van der Waals surface area contributed by atoms with Crippen LogP contribution in [-0.2, 0) is 14.8 Å². The molecule has 2 fully saturated rings. The van der Waals surface area contributed by atoms with Gasteiger partial charge in [-0.05, 0) is 31.0 Å². The van der Waals surface area contributed by atoms with Gasteiger partial charge in [-0.3, -0.25) is 4.79 Å². The molecule has 2 aliphatic heterocycles. The highest BCUT2D eigenvalue weighted by molar-refractivity contribution is 7.99. The van der Waals surface area contributed by atoms with Gasteiger partial charge in [-0.1, -0.05) is 6.07 Å². The van der Waals surface area contributed by atoms with Gasteiger partial charge >= 0.3 is 0 Å². The number of thioether (sulfide) groups is 1. The minimum absolute atomic E-state index is 0.156. The van der Waals surface area contributed by atoms with Crippen molar-refractivity contribution >= 4 is 27.7 Å². The van der Waals surface area contributed by atoms with Crippen molar-refractivity contribution in [3.63, 3.8) is 0 Å². The number of nitrogens with zero attached hydrogens (tertiary/aromatic N) is 3. The number of amides is 1. The van der Waals surface area contributed by atoms with Crippen LogP contribution in [-0.4, -0.2) is 73.9 Å². The van der Waals surface area contributed by atoms with E-state index in [9.17, 15) is 13.2 Å². The molecule has 7 nitrogen and oxygen atoms in total. The quantitative estimate of drug-likeness (QED) is 0.686. The minimum Gasteiger partial charge on any atom is -0.379 e. The molecule has 0 spiro atoms. The Morgan fingerprint density at radius 2 is 2.07 bits per heavy atom. The van der Waals surface area contributed by atoms with Gasteiger partial charge in [-0.15, -0.1) is 11.8 Å². The SMILES string of the molecule is N#CCSc1cccc(C(=O)N2CCC[C@H](S(=O)(=O)N3CCOCC3)C2)c1. The summed E-state index contributed by atoms with van der Waals surface area (Å²) in [6.45, 7) is 2.37. The molecule has 9 heteroatoms. The van der Waals surface area contributed by atoms with Crippen molar-refractivity contribution in [3.05, 3.63) is 29.8 Å². The molecule has 27 heavy (non-hydrogen) atoms. The van der Waals surface area contributed by atoms with Gasteiger partial charge in [0, 0.05) is 36.6 Å². The van der Waals surface area contributed by atoms with Crippen molar-refractivity contribution in [2.75, 3.05) is 45.1 Å². The van der Waals surface area contributed by atoms with Gasteiger partial charge < -0.3 is 9.64 Å². The number of nitriles is 1. The lowest BCUT2D eigenvalue weighted by Crippen LogP contribution is -2.51. The smallest absolute Gasteiger partial charge is 0.253 e. The minimum atomic E-state index is -3.43. The largest absolute Gasteiger partial charge is 0.379 e. The van der Waals surface area contributed by atoms with E-state index in [1.165, 1.54) is 16.1 Å². The van der Waals surface area contributed by atoms with Crippen LogP contribution in [0.1, 0.15) is 23.2 Å². The summed E-state index contributed by atoms with van der Waals surface area (Å²) in [5, 5.41) is 8.14. The van der Waals surface area contributed by atoms with E-state index in [4.69, 9.17) is 10.00 Å². The molecule has 3 rings (SSSR count). The Bertz CT molecular complexity index is 816. The first-order valence-electron chi connectivity index (χ1n) is 8.98. The Morgan fingerprint density at radius 1 is 1.30 bits per heavy atom. The Kier molecular flexibility index (Phi) is 6.76. The van der Waals surface area contributed by atoms with Crippen LogP contribution < -0.4 is 0 Å². The van der Waals surface area contributed by atoms with Gasteiger partial charge in [0.05, 0.1) is 30.3 Å². The van der Waals surface area contributed by atoms with Crippen LogP contribution in [0.2, 0.25) is 0 Å². The van der Waals surface area contributed by atoms with Crippen molar-refractivity contribution in [2.45, 2.75) is 23.0 Å².